The molecule has 33 heavy (non-hydrogen) atoms. The van der Waals surface area contributed by atoms with E-state index in [1.165, 1.54) is 6.08 Å². The molecule has 3 aromatic rings. The maximum Gasteiger partial charge on any atom is 0.334 e. The van der Waals surface area contributed by atoms with Crippen molar-refractivity contribution in [2.75, 3.05) is 19.6 Å². The predicted octanol–water partition coefficient (Wildman–Crippen LogP) is 2.08. The molecule has 0 radical (unpaired) electrons. The van der Waals surface area contributed by atoms with Crippen molar-refractivity contribution >= 4 is 28.7 Å². The number of halogens is 1. The molecule has 5 rings (SSSR count). The highest BCUT2D eigenvalue weighted by atomic mass is 35.5. The molecule has 1 saturated heterocycles. The number of imidazole rings is 1. The van der Waals surface area contributed by atoms with Gasteiger partial charge >= 0.3 is 5.69 Å². The summed E-state index contributed by atoms with van der Waals surface area (Å²) in [4.78, 5) is 27.4. The summed E-state index contributed by atoms with van der Waals surface area (Å²) in [7, 11) is 0. The van der Waals surface area contributed by atoms with Crippen molar-refractivity contribution in [1.82, 2.24) is 19.4 Å². The second-order valence-corrected chi connectivity index (χ2v) is 8.45. The molecule has 2 aliphatic rings. The van der Waals surface area contributed by atoms with Crippen LogP contribution in [0.15, 0.2) is 72.0 Å². The topological polar surface area (TPSA) is 68.5 Å². The van der Waals surface area contributed by atoms with Crippen LogP contribution in [0, 0.1) is 0 Å². The van der Waals surface area contributed by atoms with Gasteiger partial charge in [-0.15, -0.1) is 0 Å². The van der Waals surface area contributed by atoms with E-state index in [1.54, 1.807) is 14.0 Å². The monoisotopic (exact) mass is 462 g/mol. The van der Waals surface area contributed by atoms with Crippen LogP contribution in [0.2, 0.25) is 0 Å². The minimum absolute atomic E-state index is 0.129. The van der Waals surface area contributed by atoms with Crippen LogP contribution in [0.25, 0.3) is 16.9 Å². The van der Waals surface area contributed by atoms with Gasteiger partial charge in [-0.05, 0) is 48.9 Å². The third-order valence-corrected chi connectivity index (χ3v) is 6.28. The summed E-state index contributed by atoms with van der Waals surface area (Å²) in [5.41, 5.74) is 0.518. The van der Waals surface area contributed by atoms with Crippen LogP contribution in [0.5, 0.6) is 11.5 Å². The average molecular weight is 463 g/mol. The van der Waals surface area contributed by atoms with Gasteiger partial charge in [0.25, 0.3) is 0 Å². The van der Waals surface area contributed by atoms with E-state index in [2.05, 4.69) is 11.9 Å². The third kappa shape index (κ3) is 3.85. The second kappa shape index (κ2) is 8.67. The third-order valence-electron chi connectivity index (χ3n) is 5.96. The van der Waals surface area contributed by atoms with Crippen molar-refractivity contribution in [3.8, 4) is 17.2 Å². The lowest BCUT2D eigenvalue weighted by Gasteiger charge is -2.15. The molecule has 0 unspecified atom stereocenters. The average Bonchev–Trinajstić information content (AvgIpc) is 3.43. The highest BCUT2D eigenvalue weighted by Crippen LogP contribution is 2.23. The SMILES string of the molecule is C=CC(=O)N1CC[C@@H](n2c3c(n(-c4ccc(Oc5ccccc5)cc4)c2=O)=CNCC=3Cl)C1. The van der Waals surface area contributed by atoms with Crippen LogP contribution in [0.4, 0.5) is 0 Å². The number of carbonyl (C=O) groups is 1. The highest BCUT2D eigenvalue weighted by Gasteiger charge is 2.30. The van der Waals surface area contributed by atoms with Crippen LogP contribution in [0.3, 0.4) is 0 Å². The highest BCUT2D eigenvalue weighted by molar-refractivity contribution is 6.45. The maximum absolute atomic E-state index is 13.7. The van der Waals surface area contributed by atoms with Gasteiger partial charge in [-0.3, -0.25) is 13.9 Å². The summed E-state index contributed by atoms with van der Waals surface area (Å²) >= 11 is 6.59. The summed E-state index contributed by atoms with van der Waals surface area (Å²) in [5.74, 6) is 1.29. The number of rotatable bonds is 5. The van der Waals surface area contributed by atoms with Crippen LogP contribution < -0.4 is 26.4 Å². The van der Waals surface area contributed by atoms with E-state index in [-0.39, 0.29) is 17.6 Å². The van der Waals surface area contributed by atoms with E-state index in [1.807, 2.05) is 60.8 Å². The molecule has 7 nitrogen and oxygen atoms in total. The van der Waals surface area contributed by atoms with E-state index >= 15 is 0 Å². The molecule has 1 amide bonds. The summed E-state index contributed by atoms with van der Waals surface area (Å²) in [6.45, 7) is 5.04. The molecule has 0 saturated carbocycles. The Balaban J connectivity index is 1.55. The summed E-state index contributed by atoms with van der Waals surface area (Å²) in [5, 5.41) is 5.11. The molecule has 168 valence electrons. The number of hydrogen-bond donors (Lipinski definition) is 1. The van der Waals surface area contributed by atoms with Gasteiger partial charge in [0, 0.05) is 19.3 Å². The zero-order valence-corrected chi connectivity index (χ0v) is 18.7. The Morgan fingerprint density at radius 1 is 1.12 bits per heavy atom. The number of para-hydroxylation sites is 1. The van der Waals surface area contributed by atoms with Crippen molar-refractivity contribution in [3.63, 3.8) is 0 Å². The number of nitrogens with one attached hydrogen (secondary N) is 1. The fraction of sp³-hybridized carbons (Fsp3) is 0.200. The van der Waals surface area contributed by atoms with E-state index in [9.17, 15) is 9.59 Å². The predicted molar refractivity (Wildman–Crippen MR) is 128 cm³/mol. The largest absolute Gasteiger partial charge is 0.457 e. The van der Waals surface area contributed by atoms with Gasteiger partial charge in [0.2, 0.25) is 5.91 Å². The molecule has 0 bridgehead atoms. The van der Waals surface area contributed by atoms with Gasteiger partial charge in [-0.2, -0.15) is 0 Å². The molecular formula is C25H23ClN4O3. The van der Waals surface area contributed by atoms with E-state index in [0.29, 0.717) is 53.2 Å². The van der Waals surface area contributed by atoms with Gasteiger partial charge in [0.1, 0.15) is 11.5 Å². The standard InChI is InChI=1S/C25H23ClN4O3/c1-2-23(31)28-13-12-18(16-28)30-24-21(26)14-27-15-22(24)29(25(30)32)17-8-10-20(11-9-17)33-19-6-4-3-5-7-19/h2-11,15,18,27H,1,12-14,16H2/t18-/m1/s1. The number of nitrogens with zero attached hydrogens (tertiary/aromatic N) is 3. The first-order valence-corrected chi connectivity index (χ1v) is 11.1. The molecule has 1 N–H and O–H groups in total. The first-order chi connectivity index (χ1) is 16.1. The van der Waals surface area contributed by atoms with E-state index in [0.717, 1.165) is 5.75 Å². The smallest absolute Gasteiger partial charge is 0.334 e. The zero-order chi connectivity index (χ0) is 22.9. The van der Waals surface area contributed by atoms with Crippen LogP contribution >= 0.6 is 11.6 Å². The molecule has 1 aromatic heterocycles. The molecule has 2 aliphatic heterocycles. The number of amides is 1. The quantitative estimate of drug-likeness (QED) is 0.589. The minimum atomic E-state index is -0.187. The van der Waals surface area contributed by atoms with Gasteiger partial charge in [0.05, 0.1) is 34.0 Å². The number of hydrogen-bond acceptors (Lipinski definition) is 4. The van der Waals surface area contributed by atoms with Crippen molar-refractivity contribution in [3.05, 3.63) is 88.4 Å². The lowest BCUT2D eigenvalue weighted by Crippen LogP contribution is -2.42. The van der Waals surface area contributed by atoms with Crippen LogP contribution in [-0.2, 0) is 4.79 Å². The Morgan fingerprint density at radius 3 is 2.58 bits per heavy atom. The van der Waals surface area contributed by atoms with Crippen molar-refractivity contribution in [2.45, 2.75) is 12.5 Å². The van der Waals surface area contributed by atoms with Gasteiger partial charge in [0.15, 0.2) is 0 Å². The number of benzene rings is 2. The Morgan fingerprint density at radius 2 is 1.85 bits per heavy atom. The Labute approximate surface area is 195 Å². The number of fused-ring (bicyclic) bond motifs is 1. The Hall–Kier alpha value is -3.71. The lowest BCUT2D eigenvalue weighted by atomic mass is 10.2. The fourth-order valence-corrected chi connectivity index (χ4v) is 4.68. The lowest BCUT2D eigenvalue weighted by molar-refractivity contribution is -0.125. The normalized spacial score (nSPS) is 17.2. The van der Waals surface area contributed by atoms with Crippen molar-refractivity contribution in [1.29, 1.82) is 0 Å². The van der Waals surface area contributed by atoms with Crippen LogP contribution in [0.1, 0.15) is 12.5 Å². The molecule has 2 aromatic carbocycles. The Bertz CT molecular complexity index is 1390. The first kappa shape index (κ1) is 21.2. The molecule has 1 atom stereocenters. The van der Waals surface area contributed by atoms with E-state index < -0.39 is 0 Å². The molecular weight excluding hydrogens is 440 g/mol. The number of aromatic nitrogens is 2. The molecule has 0 aliphatic carbocycles. The van der Waals surface area contributed by atoms with Gasteiger partial charge in [-0.25, -0.2) is 4.79 Å². The number of carbonyl (C=O) groups excluding carboxylic acids is 1. The summed E-state index contributed by atoms with van der Waals surface area (Å²) < 4.78 is 9.26. The Kier molecular flexibility index (Phi) is 5.56. The van der Waals surface area contributed by atoms with Crippen molar-refractivity contribution in [2.24, 2.45) is 0 Å². The fourth-order valence-electron chi connectivity index (χ4n) is 4.42. The molecule has 0 spiro atoms. The minimum Gasteiger partial charge on any atom is -0.457 e. The van der Waals surface area contributed by atoms with Crippen LogP contribution in [-0.4, -0.2) is 39.6 Å². The molecule has 3 heterocycles. The number of ether oxygens (including phenoxy) is 1. The molecule has 8 heteroatoms. The summed E-state index contributed by atoms with van der Waals surface area (Å²) in [6, 6.07) is 16.7. The van der Waals surface area contributed by atoms with Gasteiger partial charge < -0.3 is 15.0 Å². The second-order valence-electron chi connectivity index (χ2n) is 7.99. The zero-order valence-electron chi connectivity index (χ0n) is 17.9. The first-order valence-electron chi connectivity index (χ1n) is 10.8. The molecule has 1 fully saturated rings. The summed E-state index contributed by atoms with van der Waals surface area (Å²) in [6.07, 6.45) is 3.80. The van der Waals surface area contributed by atoms with E-state index in [4.69, 9.17) is 16.3 Å². The van der Waals surface area contributed by atoms with Crippen molar-refractivity contribution < 1.29 is 9.53 Å². The maximum atomic E-state index is 13.7. The number of likely N-dealkylation sites (tertiary alicyclic amines) is 1. The van der Waals surface area contributed by atoms with Gasteiger partial charge in [-0.1, -0.05) is 36.4 Å².